The normalized spacial score (nSPS) is 18.6. The first-order valence-electron chi connectivity index (χ1n) is 4.46. The number of rotatable bonds is 3. The smallest absolute Gasteiger partial charge is 0.262 e. The van der Waals surface area contributed by atoms with Crippen molar-refractivity contribution in [2.75, 3.05) is 17.8 Å². The predicted molar refractivity (Wildman–Crippen MR) is 51.9 cm³/mol. The molecule has 1 aliphatic heterocycles. The maximum atomic E-state index is 11.7. The number of hydrogen-bond acceptors (Lipinski definition) is 3. The minimum atomic E-state index is -3.37. The molecule has 2 N–H and O–H groups in total. The lowest BCUT2D eigenvalue weighted by Crippen LogP contribution is -2.33. The van der Waals surface area contributed by atoms with Crippen LogP contribution in [-0.2, 0) is 10.2 Å². The molecule has 0 radical (unpaired) electrons. The van der Waals surface area contributed by atoms with Crippen LogP contribution >= 0.6 is 0 Å². The fraction of sp³-hybridized carbons (Fsp3) is 0.571. The summed E-state index contributed by atoms with van der Waals surface area (Å²) in [6.07, 6.45) is 3.37. The average Bonchev–Trinajstić information content (AvgIpc) is 2.71. The molecule has 0 aliphatic carbocycles. The molecule has 1 fully saturated rings. The van der Waals surface area contributed by atoms with Crippen LogP contribution in [0.3, 0.4) is 0 Å². The van der Waals surface area contributed by atoms with E-state index >= 15 is 0 Å². The van der Waals surface area contributed by atoms with Crippen molar-refractivity contribution >= 4 is 16.0 Å². The fourth-order valence-corrected chi connectivity index (χ4v) is 2.70. The van der Waals surface area contributed by atoms with Crippen molar-refractivity contribution in [3.63, 3.8) is 0 Å². The van der Waals surface area contributed by atoms with Crippen molar-refractivity contribution in [2.45, 2.75) is 12.8 Å². The molecule has 1 aliphatic rings. The third-order valence-corrected chi connectivity index (χ3v) is 3.67. The maximum Gasteiger partial charge on any atom is 0.302 e. The van der Waals surface area contributed by atoms with Gasteiger partial charge in [0.15, 0.2) is 0 Å². The van der Waals surface area contributed by atoms with Crippen LogP contribution in [0.25, 0.3) is 0 Å². The standard InChI is InChI=1S/C7H12N4O2S/c12-14(13,11-5-1-2-6-11)10-7-3-4-8-9-7/h3-4H,1-2,5-6H2,(H2,8,9,10). The topological polar surface area (TPSA) is 78.1 Å². The number of anilines is 1. The molecule has 7 heteroatoms. The summed E-state index contributed by atoms with van der Waals surface area (Å²) in [5, 5.41) is 6.21. The van der Waals surface area contributed by atoms with Gasteiger partial charge in [0.05, 0.1) is 6.20 Å². The molecule has 1 aromatic rings. The highest BCUT2D eigenvalue weighted by Crippen LogP contribution is 2.14. The maximum absolute atomic E-state index is 11.7. The first-order valence-corrected chi connectivity index (χ1v) is 5.90. The summed E-state index contributed by atoms with van der Waals surface area (Å²) < 4.78 is 27.2. The first-order chi connectivity index (χ1) is 6.68. The molecule has 0 atom stereocenters. The Balaban J connectivity index is 2.09. The number of nitrogens with one attached hydrogen (secondary N) is 2. The Kier molecular flexibility index (Phi) is 2.42. The van der Waals surface area contributed by atoms with Crippen molar-refractivity contribution in [3.8, 4) is 0 Å². The van der Waals surface area contributed by atoms with Gasteiger partial charge in [0, 0.05) is 19.2 Å². The number of nitrogens with zero attached hydrogens (tertiary/aromatic N) is 2. The van der Waals surface area contributed by atoms with Crippen LogP contribution in [0, 0.1) is 0 Å². The predicted octanol–water partition coefficient (Wildman–Crippen LogP) is 0.162. The van der Waals surface area contributed by atoms with Crippen molar-refractivity contribution in [2.24, 2.45) is 0 Å². The Hall–Kier alpha value is -1.08. The highest BCUT2D eigenvalue weighted by atomic mass is 32.2. The molecule has 0 bridgehead atoms. The summed E-state index contributed by atoms with van der Waals surface area (Å²) >= 11 is 0. The fourth-order valence-electron chi connectivity index (χ4n) is 1.44. The third-order valence-electron chi connectivity index (χ3n) is 2.14. The highest BCUT2D eigenvalue weighted by molar-refractivity contribution is 7.90. The van der Waals surface area contributed by atoms with Crippen LogP contribution in [0.4, 0.5) is 5.82 Å². The van der Waals surface area contributed by atoms with Crippen LogP contribution in [-0.4, -0.2) is 36.0 Å². The zero-order chi connectivity index (χ0) is 10.0. The number of aromatic amines is 1. The van der Waals surface area contributed by atoms with Gasteiger partial charge in [0.2, 0.25) is 0 Å². The Morgan fingerprint density at radius 3 is 2.71 bits per heavy atom. The van der Waals surface area contributed by atoms with Gasteiger partial charge >= 0.3 is 10.2 Å². The molecule has 0 amide bonds. The Bertz CT molecular complexity index is 380. The molecule has 1 aromatic heterocycles. The van der Waals surface area contributed by atoms with Crippen LogP contribution in [0.1, 0.15) is 12.8 Å². The SMILES string of the molecule is O=S(=O)(Nc1ccn[nH]1)N1CCCC1. The van der Waals surface area contributed by atoms with Crippen molar-refractivity contribution in [3.05, 3.63) is 12.3 Å². The first kappa shape index (κ1) is 9.47. The summed E-state index contributed by atoms with van der Waals surface area (Å²) in [6.45, 7) is 1.20. The van der Waals surface area contributed by atoms with Gasteiger partial charge in [-0.05, 0) is 12.8 Å². The molecule has 14 heavy (non-hydrogen) atoms. The van der Waals surface area contributed by atoms with Gasteiger partial charge in [0.1, 0.15) is 5.82 Å². The van der Waals surface area contributed by atoms with Gasteiger partial charge in [-0.25, -0.2) is 0 Å². The number of H-pyrrole nitrogens is 1. The number of hydrogen-bond donors (Lipinski definition) is 2. The molecule has 1 saturated heterocycles. The van der Waals surface area contributed by atoms with E-state index < -0.39 is 10.2 Å². The van der Waals surface area contributed by atoms with E-state index in [0.717, 1.165) is 12.8 Å². The summed E-state index contributed by atoms with van der Waals surface area (Å²) in [7, 11) is -3.37. The second-order valence-electron chi connectivity index (χ2n) is 3.18. The van der Waals surface area contributed by atoms with E-state index in [2.05, 4.69) is 14.9 Å². The van der Waals surface area contributed by atoms with Crippen LogP contribution in [0.2, 0.25) is 0 Å². The lowest BCUT2D eigenvalue weighted by molar-refractivity contribution is 0.482. The molecular formula is C7H12N4O2S. The Morgan fingerprint density at radius 2 is 2.14 bits per heavy atom. The summed E-state index contributed by atoms with van der Waals surface area (Å²) in [4.78, 5) is 0. The van der Waals surface area contributed by atoms with E-state index in [1.54, 1.807) is 6.07 Å². The van der Waals surface area contributed by atoms with Gasteiger partial charge in [-0.2, -0.15) is 17.8 Å². The van der Waals surface area contributed by atoms with Crippen LogP contribution in [0.5, 0.6) is 0 Å². The minimum Gasteiger partial charge on any atom is -0.262 e. The molecule has 78 valence electrons. The number of aromatic nitrogens is 2. The average molecular weight is 216 g/mol. The largest absolute Gasteiger partial charge is 0.302 e. The highest BCUT2D eigenvalue weighted by Gasteiger charge is 2.25. The monoisotopic (exact) mass is 216 g/mol. The van der Waals surface area contributed by atoms with Crippen molar-refractivity contribution in [1.82, 2.24) is 14.5 Å². The second kappa shape index (κ2) is 3.58. The Morgan fingerprint density at radius 1 is 1.43 bits per heavy atom. The molecule has 2 heterocycles. The van der Waals surface area contributed by atoms with Gasteiger partial charge in [-0.15, -0.1) is 0 Å². The van der Waals surface area contributed by atoms with Gasteiger partial charge < -0.3 is 0 Å². The Labute approximate surface area is 82.5 Å². The van der Waals surface area contributed by atoms with Crippen molar-refractivity contribution in [1.29, 1.82) is 0 Å². The summed E-state index contributed by atoms with van der Waals surface area (Å²) in [6, 6.07) is 1.58. The lowest BCUT2D eigenvalue weighted by atomic mass is 10.4. The molecule has 2 rings (SSSR count). The van der Waals surface area contributed by atoms with E-state index in [-0.39, 0.29) is 0 Å². The van der Waals surface area contributed by atoms with Crippen LogP contribution in [0.15, 0.2) is 12.3 Å². The van der Waals surface area contributed by atoms with Gasteiger partial charge in [0.25, 0.3) is 0 Å². The lowest BCUT2D eigenvalue weighted by Gasteiger charge is -2.15. The minimum absolute atomic E-state index is 0.400. The molecule has 0 spiro atoms. The zero-order valence-corrected chi connectivity index (χ0v) is 8.42. The molecule has 6 nitrogen and oxygen atoms in total. The van der Waals surface area contributed by atoms with Crippen molar-refractivity contribution < 1.29 is 8.42 Å². The zero-order valence-electron chi connectivity index (χ0n) is 7.60. The van der Waals surface area contributed by atoms with Crippen LogP contribution < -0.4 is 4.72 Å². The third kappa shape index (κ3) is 1.88. The molecule has 0 saturated carbocycles. The molecular weight excluding hydrogens is 204 g/mol. The summed E-state index contributed by atoms with van der Waals surface area (Å²) in [5.41, 5.74) is 0. The molecule has 0 aromatic carbocycles. The quantitative estimate of drug-likeness (QED) is 0.755. The van der Waals surface area contributed by atoms with E-state index in [0.29, 0.717) is 18.9 Å². The second-order valence-corrected chi connectivity index (χ2v) is 4.85. The van der Waals surface area contributed by atoms with E-state index in [1.165, 1.54) is 10.5 Å². The van der Waals surface area contributed by atoms with E-state index in [1.807, 2.05) is 0 Å². The molecule has 0 unspecified atom stereocenters. The summed E-state index contributed by atoms with van der Waals surface area (Å²) in [5.74, 6) is 0.400. The van der Waals surface area contributed by atoms with Gasteiger partial charge in [-0.3, -0.25) is 9.82 Å². The van der Waals surface area contributed by atoms with E-state index in [4.69, 9.17) is 0 Å². The van der Waals surface area contributed by atoms with E-state index in [9.17, 15) is 8.42 Å². The van der Waals surface area contributed by atoms with Gasteiger partial charge in [-0.1, -0.05) is 0 Å².